The average molecular weight is 284 g/mol. The van der Waals surface area contributed by atoms with Crippen LogP contribution in [0.4, 0.5) is 13.2 Å². The Morgan fingerprint density at radius 1 is 1.20 bits per heavy atom. The SMILES string of the molecule is Cc1cnc(C(O)c2cccc(OC(F)(F)F)c2)cn1. The second-order valence-electron chi connectivity index (χ2n) is 4.11. The van der Waals surface area contributed by atoms with Crippen LogP contribution in [0.25, 0.3) is 0 Å². The highest BCUT2D eigenvalue weighted by Gasteiger charge is 2.31. The monoisotopic (exact) mass is 284 g/mol. The number of halogens is 3. The van der Waals surface area contributed by atoms with E-state index in [0.29, 0.717) is 5.69 Å². The topological polar surface area (TPSA) is 55.2 Å². The van der Waals surface area contributed by atoms with Crippen molar-refractivity contribution in [2.75, 3.05) is 0 Å². The van der Waals surface area contributed by atoms with Gasteiger partial charge in [-0.2, -0.15) is 0 Å². The standard InChI is InChI=1S/C13H11F3N2O2/c1-8-6-18-11(7-17-8)12(19)9-3-2-4-10(5-9)20-13(14,15)16/h2-7,12,19H,1H3. The summed E-state index contributed by atoms with van der Waals surface area (Å²) in [6.45, 7) is 1.74. The van der Waals surface area contributed by atoms with Gasteiger partial charge in [0.15, 0.2) is 0 Å². The molecule has 1 aromatic carbocycles. The maximum atomic E-state index is 12.1. The van der Waals surface area contributed by atoms with Crippen molar-refractivity contribution in [2.45, 2.75) is 19.4 Å². The Balaban J connectivity index is 2.24. The fourth-order valence-electron chi connectivity index (χ4n) is 1.60. The molecule has 7 heteroatoms. The number of aliphatic hydroxyl groups excluding tert-OH is 1. The Morgan fingerprint density at radius 3 is 2.55 bits per heavy atom. The lowest BCUT2D eigenvalue weighted by molar-refractivity contribution is -0.274. The first kappa shape index (κ1) is 14.3. The molecule has 0 aliphatic carbocycles. The first-order chi connectivity index (χ1) is 9.35. The van der Waals surface area contributed by atoms with E-state index >= 15 is 0 Å². The van der Waals surface area contributed by atoms with E-state index in [1.165, 1.54) is 24.5 Å². The molecule has 4 nitrogen and oxygen atoms in total. The molecule has 1 aromatic heterocycles. The molecule has 20 heavy (non-hydrogen) atoms. The van der Waals surface area contributed by atoms with E-state index in [9.17, 15) is 18.3 Å². The minimum atomic E-state index is -4.77. The summed E-state index contributed by atoms with van der Waals surface area (Å²) in [6, 6.07) is 5.11. The van der Waals surface area contributed by atoms with Gasteiger partial charge in [-0.25, -0.2) is 0 Å². The molecule has 0 fully saturated rings. The van der Waals surface area contributed by atoms with E-state index in [1.807, 2.05) is 0 Å². The predicted octanol–water partition coefficient (Wildman–Crippen LogP) is 2.77. The molecular formula is C13H11F3N2O2. The van der Waals surface area contributed by atoms with Gasteiger partial charge in [-0.05, 0) is 24.6 Å². The highest BCUT2D eigenvalue weighted by atomic mass is 19.4. The van der Waals surface area contributed by atoms with Gasteiger partial charge < -0.3 is 9.84 Å². The number of hydrogen-bond donors (Lipinski definition) is 1. The van der Waals surface area contributed by atoms with Crippen molar-refractivity contribution in [3.8, 4) is 5.75 Å². The van der Waals surface area contributed by atoms with E-state index in [0.717, 1.165) is 12.1 Å². The Kier molecular flexibility index (Phi) is 3.89. The van der Waals surface area contributed by atoms with Gasteiger partial charge >= 0.3 is 6.36 Å². The van der Waals surface area contributed by atoms with Gasteiger partial charge in [0.25, 0.3) is 0 Å². The van der Waals surface area contributed by atoms with Crippen molar-refractivity contribution in [1.29, 1.82) is 0 Å². The van der Waals surface area contributed by atoms with Gasteiger partial charge in [-0.3, -0.25) is 9.97 Å². The number of nitrogens with zero attached hydrogens (tertiary/aromatic N) is 2. The number of aliphatic hydroxyl groups is 1. The van der Waals surface area contributed by atoms with Crippen LogP contribution >= 0.6 is 0 Å². The highest BCUT2D eigenvalue weighted by Crippen LogP contribution is 2.27. The first-order valence-corrected chi connectivity index (χ1v) is 5.67. The summed E-state index contributed by atoms with van der Waals surface area (Å²) >= 11 is 0. The number of alkyl halides is 3. The van der Waals surface area contributed by atoms with E-state index < -0.39 is 18.2 Å². The van der Waals surface area contributed by atoms with Crippen LogP contribution in [0.1, 0.15) is 23.1 Å². The third kappa shape index (κ3) is 3.67. The van der Waals surface area contributed by atoms with Crippen molar-refractivity contribution < 1.29 is 23.0 Å². The molecule has 0 amide bonds. The van der Waals surface area contributed by atoms with Crippen LogP contribution in [-0.2, 0) is 0 Å². The molecule has 1 N–H and O–H groups in total. The maximum Gasteiger partial charge on any atom is 0.573 e. The van der Waals surface area contributed by atoms with Gasteiger partial charge in [0.2, 0.25) is 0 Å². The molecular weight excluding hydrogens is 273 g/mol. The van der Waals surface area contributed by atoms with Crippen molar-refractivity contribution in [2.24, 2.45) is 0 Å². The molecule has 0 aliphatic heterocycles. The summed E-state index contributed by atoms with van der Waals surface area (Å²) < 4.78 is 40.2. The third-order valence-corrected chi connectivity index (χ3v) is 2.49. The molecule has 0 aliphatic rings. The summed E-state index contributed by atoms with van der Waals surface area (Å²) in [5.74, 6) is -0.394. The number of hydrogen-bond acceptors (Lipinski definition) is 4. The lowest BCUT2D eigenvalue weighted by Crippen LogP contribution is -2.17. The number of ether oxygens (including phenoxy) is 1. The second-order valence-corrected chi connectivity index (χ2v) is 4.11. The number of aryl methyl sites for hydroxylation is 1. The van der Waals surface area contributed by atoms with Crippen molar-refractivity contribution in [1.82, 2.24) is 9.97 Å². The third-order valence-electron chi connectivity index (χ3n) is 2.49. The normalized spacial score (nSPS) is 13.1. The van der Waals surface area contributed by atoms with E-state index in [-0.39, 0.29) is 11.3 Å². The lowest BCUT2D eigenvalue weighted by atomic mass is 10.1. The van der Waals surface area contributed by atoms with Gasteiger partial charge in [-0.1, -0.05) is 12.1 Å². The summed E-state index contributed by atoms with van der Waals surface area (Å²) in [5, 5.41) is 10.1. The molecule has 0 spiro atoms. The van der Waals surface area contributed by atoms with Crippen LogP contribution in [0.3, 0.4) is 0 Å². The fraction of sp³-hybridized carbons (Fsp3) is 0.231. The van der Waals surface area contributed by atoms with E-state index in [1.54, 1.807) is 6.92 Å². The second kappa shape index (κ2) is 5.46. The van der Waals surface area contributed by atoms with Gasteiger partial charge in [0.1, 0.15) is 11.9 Å². The zero-order chi connectivity index (χ0) is 14.8. The van der Waals surface area contributed by atoms with Crippen molar-refractivity contribution in [3.63, 3.8) is 0 Å². The Hall–Kier alpha value is -2.15. The molecule has 0 radical (unpaired) electrons. The highest BCUT2D eigenvalue weighted by molar-refractivity contribution is 5.33. The minimum Gasteiger partial charge on any atom is -0.406 e. The molecule has 0 saturated heterocycles. The minimum absolute atomic E-state index is 0.241. The van der Waals surface area contributed by atoms with E-state index in [2.05, 4.69) is 14.7 Å². The van der Waals surface area contributed by atoms with Crippen molar-refractivity contribution in [3.05, 3.63) is 53.6 Å². The smallest absolute Gasteiger partial charge is 0.406 e. The number of benzene rings is 1. The molecule has 1 atom stereocenters. The quantitative estimate of drug-likeness (QED) is 0.941. The molecule has 2 rings (SSSR count). The van der Waals surface area contributed by atoms with Crippen LogP contribution in [-0.4, -0.2) is 21.4 Å². The van der Waals surface area contributed by atoms with Crippen molar-refractivity contribution >= 4 is 0 Å². The zero-order valence-electron chi connectivity index (χ0n) is 10.4. The summed E-state index contributed by atoms with van der Waals surface area (Å²) in [7, 11) is 0. The first-order valence-electron chi connectivity index (χ1n) is 5.67. The number of aromatic nitrogens is 2. The Morgan fingerprint density at radius 2 is 1.95 bits per heavy atom. The Bertz CT molecular complexity index is 585. The maximum absolute atomic E-state index is 12.1. The molecule has 2 aromatic rings. The van der Waals surface area contributed by atoms with E-state index in [4.69, 9.17) is 0 Å². The van der Waals surface area contributed by atoms with Crippen LogP contribution in [0, 0.1) is 6.92 Å². The Labute approximate surface area is 112 Å². The molecule has 1 unspecified atom stereocenters. The number of rotatable bonds is 3. The lowest BCUT2D eigenvalue weighted by Gasteiger charge is -2.13. The zero-order valence-corrected chi connectivity index (χ0v) is 10.4. The molecule has 0 saturated carbocycles. The van der Waals surface area contributed by atoms with Gasteiger partial charge in [0.05, 0.1) is 17.6 Å². The summed E-state index contributed by atoms with van der Waals surface area (Å²) in [6.07, 6.45) is -3.10. The summed E-state index contributed by atoms with van der Waals surface area (Å²) in [5.41, 5.74) is 1.17. The average Bonchev–Trinajstić information content (AvgIpc) is 2.37. The predicted molar refractivity (Wildman–Crippen MR) is 64.0 cm³/mol. The van der Waals surface area contributed by atoms with Crippen LogP contribution in [0.15, 0.2) is 36.7 Å². The molecule has 0 bridgehead atoms. The molecule has 106 valence electrons. The largest absolute Gasteiger partial charge is 0.573 e. The fourth-order valence-corrected chi connectivity index (χ4v) is 1.60. The van der Waals surface area contributed by atoms with Crippen LogP contribution in [0.2, 0.25) is 0 Å². The molecule has 1 heterocycles. The van der Waals surface area contributed by atoms with Gasteiger partial charge in [-0.15, -0.1) is 13.2 Å². The van der Waals surface area contributed by atoms with Crippen LogP contribution in [0.5, 0.6) is 5.75 Å². The summed E-state index contributed by atoms with van der Waals surface area (Å²) in [4.78, 5) is 7.96. The van der Waals surface area contributed by atoms with Gasteiger partial charge in [0, 0.05) is 6.20 Å². The van der Waals surface area contributed by atoms with Crippen LogP contribution < -0.4 is 4.74 Å².